The summed E-state index contributed by atoms with van der Waals surface area (Å²) in [5.74, 6) is 0. The topological polar surface area (TPSA) is 41.3 Å². The molecule has 0 aliphatic heterocycles. The van der Waals surface area contributed by atoms with E-state index in [1.54, 1.807) is 6.20 Å². The van der Waals surface area contributed by atoms with Gasteiger partial charge in [0, 0.05) is 6.54 Å². The summed E-state index contributed by atoms with van der Waals surface area (Å²) in [7, 11) is 4.09. The van der Waals surface area contributed by atoms with E-state index in [2.05, 4.69) is 39.8 Å². The molecule has 0 spiro atoms. The van der Waals surface area contributed by atoms with Gasteiger partial charge in [-0.15, -0.1) is 0 Å². The Morgan fingerprint density at radius 1 is 1.32 bits per heavy atom. The average molecular weight is 332 g/mol. The fourth-order valence-corrected chi connectivity index (χ4v) is 3.14. The van der Waals surface area contributed by atoms with Gasteiger partial charge in [0.2, 0.25) is 0 Å². The average Bonchev–Trinajstić information content (AvgIpc) is 2.69. The number of nitrogens with zero attached hydrogens (tertiary/aromatic N) is 3. The van der Waals surface area contributed by atoms with E-state index in [-0.39, 0.29) is 0 Å². The molecule has 1 rings (SSSR count). The van der Waals surface area contributed by atoms with Gasteiger partial charge in [-0.2, -0.15) is 5.10 Å². The first-order valence-electron chi connectivity index (χ1n) is 7.03. The highest BCUT2D eigenvalue weighted by Crippen LogP contribution is 2.36. The van der Waals surface area contributed by atoms with E-state index in [1.807, 2.05) is 18.8 Å². The normalized spacial score (nSPS) is 12.4. The van der Waals surface area contributed by atoms with Crippen LogP contribution in [0.1, 0.15) is 45.2 Å². The molecule has 0 bridgehead atoms. The molecule has 0 aromatic carbocycles. The van der Waals surface area contributed by atoms with Crippen LogP contribution in [0.25, 0.3) is 0 Å². The van der Waals surface area contributed by atoms with Crippen molar-refractivity contribution in [3.63, 3.8) is 0 Å². The second-order valence-corrected chi connectivity index (χ2v) is 6.25. The summed E-state index contributed by atoms with van der Waals surface area (Å²) in [5, 5.41) is 15.4. The second-order valence-electron chi connectivity index (χ2n) is 5.40. The largest absolute Gasteiger partial charge is 0.384 e. The maximum atomic E-state index is 11.0. The zero-order valence-electron chi connectivity index (χ0n) is 12.5. The Bertz CT molecular complexity index is 384. The first kappa shape index (κ1) is 16.7. The summed E-state index contributed by atoms with van der Waals surface area (Å²) in [5.41, 5.74) is 0.156. The predicted molar refractivity (Wildman–Crippen MR) is 82.2 cm³/mol. The van der Waals surface area contributed by atoms with Crippen molar-refractivity contribution in [1.29, 1.82) is 0 Å². The van der Waals surface area contributed by atoms with Crippen LogP contribution in [0.2, 0.25) is 0 Å². The van der Waals surface area contributed by atoms with Crippen LogP contribution in [0.5, 0.6) is 0 Å². The fourth-order valence-electron chi connectivity index (χ4n) is 2.48. The highest BCUT2D eigenvalue weighted by molar-refractivity contribution is 9.10. The molecule has 1 heterocycles. The number of hydrogen-bond donors (Lipinski definition) is 1. The zero-order valence-corrected chi connectivity index (χ0v) is 14.1. The molecule has 1 aromatic heterocycles. The Balaban J connectivity index is 3.04. The Morgan fingerprint density at radius 3 is 2.37 bits per heavy atom. The Kier molecular flexibility index (Phi) is 6.50. The van der Waals surface area contributed by atoms with Crippen LogP contribution in [-0.4, -0.2) is 40.4 Å². The number of hydrogen-bond acceptors (Lipinski definition) is 3. The lowest BCUT2D eigenvalue weighted by Crippen LogP contribution is -2.31. The maximum Gasteiger partial charge on any atom is 0.107 e. The minimum atomic E-state index is -0.773. The van der Waals surface area contributed by atoms with Crippen molar-refractivity contribution in [3.05, 3.63) is 16.4 Å². The van der Waals surface area contributed by atoms with Crippen molar-refractivity contribution in [1.82, 2.24) is 14.7 Å². The molecule has 0 aliphatic carbocycles. The summed E-state index contributed by atoms with van der Waals surface area (Å²) >= 11 is 3.54. The van der Waals surface area contributed by atoms with Crippen LogP contribution in [0.4, 0.5) is 0 Å². The quantitative estimate of drug-likeness (QED) is 0.796. The minimum absolute atomic E-state index is 0.771. The Hall–Kier alpha value is -0.390. The molecule has 0 atom stereocenters. The van der Waals surface area contributed by atoms with E-state index < -0.39 is 5.60 Å². The van der Waals surface area contributed by atoms with E-state index in [4.69, 9.17) is 0 Å². The fraction of sp³-hybridized carbons (Fsp3) is 0.786. The zero-order chi connectivity index (χ0) is 14.5. The summed E-state index contributed by atoms with van der Waals surface area (Å²) < 4.78 is 2.85. The molecule has 0 amide bonds. The molecule has 110 valence electrons. The number of aromatic nitrogens is 2. The highest BCUT2D eigenvalue weighted by atomic mass is 79.9. The molecule has 0 unspecified atom stereocenters. The van der Waals surface area contributed by atoms with Crippen LogP contribution < -0.4 is 0 Å². The van der Waals surface area contributed by atoms with Crippen LogP contribution in [-0.2, 0) is 12.1 Å². The smallest absolute Gasteiger partial charge is 0.107 e. The van der Waals surface area contributed by atoms with Gasteiger partial charge in [0.1, 0.15) is 5.60 Å². The Morgan fingerprint density at radius 2 is 1.89 bits per heavy atom. The van der Waals surface area contributed by atoms with Crippen LogP contribution >= 0.6 is 15.9 Å². The molecule has 0 radical (unpaired) electrons. The molecule has 1 N–H and O–H groups in total. The number of rotatable bonds is 8. The van der Waals surface area contributed by atoms with Gasteiger partial charge < -0.3 is 10.0 Å². The van der Waals surface area contributed by atoms with Crippen molar-refractivity contribution >= 4 is 15.9 Å². The second kappa shape index (κ2) is 7.41. The maximum absolute atomic E-state index is 11.0. The summed E-state index contributed by atoms with van der Waals surface area (Å²) in [6.45, 7) is 5.92. The molecular weight excluding hydrogens is 306 g/mol. The van der Waals surface area contributed by atoms with Crippen molar-refractivity contribution in [2.24, 2.45) is 0 Å². The predicted octanol–water partition coefficient (Wildman–Crippen LogP) is 3.00. The van der Waals surface area contributed by atoms with Crippen LogP contribution in [0, 0.1) is 0 Å². The van der Waals surface area contributed by atoms with Gasteiger partial charge in [0.15, 0.2) is 0 Å². The van der Waals surface area contributed by atoms with Gasteiger partial charge in [-0.1, -0.05) is 26.7 Å². The van der Waals surface area contributed by atoms with E-state index in [0.717, 1.165) is 48.9 Å². The van der Waals surface area contributed by atoms with E-state index in [1.165, 1.54) is 0 Å². The molecule has 0 aliphatic rings. The molecule has 4 nitrogen and oxygen atoms in total. The van der Waals surface area contributed by atoms with Gasteiger partial charge >= 0.3 is 0 Å². The SMILES string of the molecule is CCCC(O)(CCC)c1c(Br)cnn1CCN(C)C. The molecule has 5 heteroatoms. The van der Waals surface area contributed by atoms with Gasteiger partial charge in [0.25, 0.3) is 0 Å². The lowest BCUT2D eigenvalue weighted by molar-refractivity contribution is 0.00721. The van der Waals surface area contributed by atoms with Gasteiger partial charge in [-0.25, -0.2) is 0 Å². The van der Waals surface area contributed by atoms with Crippen molar-refractivity contribution < 1.29 is 5.11 Å². The standard InChI is InChI=1S/C14H26BrN3O/c1-5-7-14(19,8-6-2)13-12(15)11-16-18(13)10-9-17(3)4/h11,19H,5-10H2,1-4H3. The molecule has 0 saturated carbocycles. The molecular formula is C14H26BrN3O. The number of halogens is 1. The van der Waals surface area contributed by atoms with Gasteiger partial charge in [-0.05, 0) is 42.9 Å². The first-order valence-corrected chi connectivity index (χ1v) is 7.82. The summed E-state index contributed by atoms with van der Waals surface area (Å²) in [6, 6.07) is 0. The Labute approximate surface area is 124 Å². The minimum Gasteiger partial charge on any atom is -0.384 e. The van der Waals surface area contributed by atoms with Crippen LogP contribution in [0.3, 0.4) is 0 Å². The van der Waals surface area contributed by atoms with E-state index >= 15 is 0 Å². The highest BCUT2D eigenvalue weighted by Gasteiger charge is 2.33. The molecule has 0 saturated heterocycles. The summed E-state index contributed by atoms with van der Waals surface area (Å²) in [6.07, 6.45) is 5.26. The number of aliphatic hydroxyl groups is 1. The van der Waals surface area contributed by atoms with E-state index in [9.17, 15) is 5.11 Å². The van der Waals surface area contributed by atoms with Crippen molar-refractivity contribution in [2.45, 2.75) is 51.7 Å². The monoisotopic (exact) mass is 331 g/mol. The first-order chi connectivity index (χ1) is 8.94. The lowest BCUT2D eigenvalue weighted by atomic mass is 9.89. The third-order valence-electron chi connectivity index (χ3n) is 3.32. The molecule has 0 fully saturated rings. The summed E-state index contributed by atoms with van der Waals surface area (Å²) in [4.78, 5) is 2.12. The molecule has 1 aromatic rings. The van der Waals surface area contributed by atoms with Gasteiger partial charge in [-0.3, -0.25) is 4.68 Å². The molecule has 19 heavy (non-hydrogen) atoms. The third kappa shape index (κ3) is 4.29. The van der Waals surface area contributed by atoms with Crippen molar-refractivity contribution in [2.75, 3.05) is 20.6 Å². The number of likely N-dealkylation sites (N-methyl/N-ethyl adjacent to an activating group) is 1. The van der Waals surface area contributed by atoms with Crippen molar-refractivity contribution in [3.8, 4) is 0 Å². The van der Waals surface area contributed by atoms with Gasteiger partial charge in [0.05, 0.1) is 22.9 Å². The van der Waals surface area contributed by atoms with E-state index in [0.29, 0.717) is 0 Å². The van der Waals surface area contributed by atoms with Crippen LogP contribution in [0.15, 0.2) is 10.7 Å². The third-order valence-corrected chi connectivity index (χ3v) is 3.90. The lowest BCUT2D eigenvalue weighted by Gasteiger charge is -2.29.